The maximum absolute atomic E-state index is 13.0. The van der Waals surface area contributed by atoms with Gasteiger partial charge in [-0.3, -0.25) is 14.6 Å². The number of alkyl halides is 3. The number of benzene rings is 1. The van der Waals surface area contributed by atoms with E-state index in [1.54, 1.807) is 18.3 Å². The second kappa shape index (κ2) is 12.0. The predicted octanol–water partition coefficient (Wildman–Crippen LogP) is 4.05. The molecule has 0 atom stereocenters. The van der Waals surface area contributed by atoms with Crippen LogP contribution in [0.4, 0.5) is 24.5 Å². The Labute approximate surface area is 223 Å². The van der Waals surface area contributed by atoms with Gasteiger partial charge in [-0.1, -0.05) is 12.0 Å². The minimum Gasteiger partial charge on any atom is -0.378 e. The van der Waals surface area contributed by atoms with Gasteiger partial charge in [0.2, 0.25) is 5.91 Å². The third-order valence-electron chi connectivity index (χ3n) is 5.97. The van der Waals surface area contributed by atoms with Crippen molar-refractivity contribution in [3.63, 3.8) is 0 Å². The summed E-state index contributed by atoms with van der Waals surface area (Å²) in [6.45, 7) is 5.98. The van der Waals surface area contributed by atoms with E-state index in [0.717, 1.165) is 28.6 Å². The van der Waals surface area contributed by atoms with E-state index in [0.29, 0.717) is 43.8 Å². The number of amides is 2. The zero-order chi connectivity index (χ0) is 28.0. The number of aromatic nitrogens is 2. The van der Waals surface area contributed by atoms with Crippen LogP contribution in [-0.2, 0) is 15.7 Å². The number of carbonyl (C=O) groups excluding carboxylic acids is 2. The third-order valence-corrected chi connectivity index (χ3v) is 5.97. The molecule has 202 valence electrons. The van der Waals surface area contributed by atoms with E-state index in [1.165, 1.54) is 13.0 Å². The number of hydrogen-bond acceptors (Lipinski definition) is 6. The van der Waals surface area contributed by atoms with Gasteiger partial charge in [0.05, 0.1) is 25.4 Å². The Morgan fingerprint density at radius 2 is 1.87 bits per heavy atom. The Morgan fingerprint density at radius 1 is 1.10 bits per heavy atom. The summed E-state index contributed by atoms with van der Waals surface area (Å²) in [5.74, 6) is 5.09. The summed E-state index contributed by atoms with van der Waals surface area (Å²) in [6.07, 6.45) is -2.02. The van der Waals surface area contributed by atoms with E-state index in [4.69, 9.17) is 4.74 Å². The lowest BCUT2D eigenvalue weighted by atomic mass is 10.00. The highest BCUT2D eigenvalue weighted by Gasteiger charge is 2.33. The van der Waals surface area contributed by atoms with Crippen molar-refractivity contribution in [1.29, 1.82) is 0 Å². The number of anilines is 2. The van der Waals surface area contributed by atoms with Crippen molar-refractivity contribution in [2.75, 3.05) is 43.1 Å². The lowest BCUT2D eigenvalue weighted by Crippen LogP contribution is -2.36. The fraction of sp³-hybridized carbons (Fsp3) is 0.286. The van der Waals surface area contributed by atoms with E-state index in [1.807, 2.05) is 19.1 Å². The molecule has 11 heteroatoms. The van der Waals surface area contributed by atoms with Gasteiger partial charge in [-0.05, 0) is 54.3 Å². The van der Waals surface area contributed by atoms with Crippen molar-refractivity contribution < 1.29 is 27.5 Å². The summed E-state index contributed by atoms with van der Waals surface area (Å²) in [5.41, 5.74) is 2.98. The summed E-state index contributed by atoms with van der Waals surface area (Å²) in [6, 6.07) is 9.15. The number of pyridine rings is 2. The summed E-state index contributed by atoms with van der Waals surface area (Å²) >= 11 is 0. The van der Waals surface area contributed by atoms with Gasteiger partial charge >= 0.3 is 6.18 Å². The lowest BCUT2D eigenvalue weighted by molar-refractivity contribution is -0.141. The Kier molecular flexibility index (Phi) is 8.46. The molecule has 1 aliphatic heterocycles. The first-order valence-electron chi connectivity index (χ1n) is 12.1. The summed E-state index contributed by atoms with van der Waals surface area (Å²) in [4.78, 5) is 33.9. The molecule has 39 heavy (non-hydrogen) atoms. The number of nitrogens with zero attached hydrogens (tertiary/aromatic N) is 3. The number of aryl methyl sites for hydroxylation is 1. The molecule has 2 aromatic heterocycles. The molecule has 1 aliphatic rings. The first-order chi connectivity index (χ1) is 18.6. The Balaban J connectivity index is 1.63. The van der Waals surface area contributed by atoms with Crippen molar-refractivity contribution in [2.24, 2.45) is 0 Å². The fourth-order valence-electron chi connectivity index (χ4n) is 3.98. The van der Waals surface area contributed by atoms with E-state index in [-0.39, 0.29) is 18.0 Å². The van der Waals surface area contributed by atoms with Crippen molar-refractivity contribution >= 4 is 23.2 Å². The van der Waals surface area contributed by atoms with E-state index >= 15 is 0 Å². The molecule has 1 saturated heterocycles. The molecule has 4 rings (SSSR count). The predicted molar refractivity (Wildman–Crippen MR) is 140 cm³/mol. The molecule has 0 unspecified atom stereocenters. The number of morpholine rings is 1. The van der Waals surface area contributed by atoms with Gasteiger partial charge in [0.25, 0.3) is 5.91 Å². The molecule has 0 bridgehead atoms. The standard InChI is InChI=1S/C28H26F3N5O3/c1-18-5-6-22(35-27(38)20-7-9-33-26(15-20)28(29,30)31)16-23(18)21-14-25(36-10-12-39-13-11-36)24(34-17-21)4-3-8-32-19(2)37/h5-7,9,14-17H,8,10-13H2,1-2H3,(H,32,37)(H,35,38). The van der Waals surface area contributed by atoms with Crippen LogP contribution in [0.25, 0.3) is 11.1 Å². The Bertz CT molecular complexity index is 1440. The van der Waals surface area contributed by atoms with Gasteiger partial charge in [0.1, 0.15) is 11.4 Å². The molecule has 1 aromatic carbocycles. The van der Waals surface area contributed by atoms with Crippen LogP contribution in [0.3, 0.4) is 0 Å². The van der Waals surface area contributed by atoms with Gasteiger partial charge in [-0.2, -0.15) is 13.2 Å². The Morgan fingerprint density at radius 3 is 2.59 bits per heavy atom. The van der Waals surface area contributed by atoms with Gasteiger partial charge in [-0.25, -0.2) is 4.98 Å². The highest BCUT2D eigenvalue weighted by molar-refractivity contribution is 6.04. The van der Waals surface area contributed by atoms with E-state index in [2.05, 4.69) is 37.3 Å². The lowest BCUT2D eigenvalue weighted by Gasteiger charge is -2.29. The van der Waals surface area contributed by atoms with Crippen LogP contribution in [0.2, 0.25) is 0 Å². The molecule has 0 radical (unpaired) electrons. The van der Waals surface area contributed by atoms with Gasteiger partial charge in [0, 0.05) is 49.2 Å². The number of rotatable bonds is 5. The van der Waals surface area contributed by atoms with Crippen LogP contribution in [0.15, 0.2) is 48.8 Å². The quantitative estimate of drug-likeness (QED) is 0.477. The normalized spacial score (nSPS) is 13.3. The van der Waals surface area contributed by atoms with Crippen LogP contribution in [0, 0.1) is 18.8 Å². The maximum Gasteiger partial charge on any atom is 0.433 e. The van der Waals surface area contributed by atoms with Gasteiger partial charge in [-0.15, -0.1) is 0 Å². The maximum atomic E-state index is 13.0. The van der Waals surface area contributed by atoms with Crippen molar-refractivity contribution in [3.05, 3.63) is 71.3 Å². The zero-order valence-corrected chi connectivity index (χ0v) is 21.4. The summed E-state index contributed by atoms with van der Waals surface area (Å²) in [5, 5.41) is 5.30. The molecule has 0 saturated carbocycles. The van der Waals surface area contributed by atoms with Crippen LogP contribution >= 0.6 is 0 Å². The highest BCUT2D eigenvalue weighted by atomic mass is 19.4. The largest absolute Gasteiger partial charge is 0.433 e. The Hall–Kier alpha value is -4.43. The molecular weight excluding hydrogens is 511 g/mol. The number of ether oxygens (including phenoxy) is 1. The van der Waals surface area contributed by atoms with E-state index in [9.17, 15) is 22.8 Å². The van der Waals surface area contributed by atoms with Crippen LogP contribution in [0.5, 0.6) is 0 Å². The van der Waals surface area contributed by atoms with E-state index < -0.39 is 17.8 Å². The SMILES string of the molecule is CC(=O)NCC#Cc1ncc(-c2cc(NC(=O)c3ccnc(C(F)(F)F)c3)ccc2C)cc1N1CCOCC1. The van der Waals surface area contributed by atoms with Crippen molar-refractivity contribution in [3.8, 4) is 23.0 Å². The smallest absolute Gasteiger partial charge is 0.378 e. The molecule has 2 N–H and O–H groups in total. The summed E-state index contributed by atoms with van der Waals surface area (Å²) < 4.78 is 44.5. The monoisotopic (exact) mass is 537 g/mol. The second-order valence-corrected chi connectivity index (χ2v) is 8.81. The van der Waals surface area contributed by atoms with Gasteiger partial charge < -0.3 is 20.3 Å². The molecule has 8 nitrogen and oxygen atoms in total. The van der Waals surface area contributed by atoms with Crippen LogP contribution < -0.4 is 15.5 Å². The first kappa shape index (κ1) is 27.6. The third kappa shape index (κ3) is 7.12. The molecule has 0 spiro atoms. The molecular formula is C28H26F3N5O3. The molecule has 3 heterocycles. The van der Waals surface area contributed by atoms with Crippen LogP contribution in [0.1, 0.15) is 34.2 Å². The van der Waals surface area contributed by atoms with Crippen molar-refractivity contribution in [2.45, 2.75) is 20.0 Å². The minimum absolute atomic E-state index is 0.155. The van der Waals surface area contributed by atoms with Crippen LogP contribution in [-0.4, -0.2) is 54.6 Å². The molecule has 0 aliphatic carbocycles. The average Bonchev–Trinajstić information content (AvgIpc) is 2.92. The number of carbonyl (C=O) groups is 2. The summed E-state index contributed by atoms with van der Waals surface area (Å²) in [7, 11) is 0. The minimum atomic E-state index is -4.65. The molecule has 3 aromatic rings. The zero-order valence-electron chi connectivity index (χ0n) is 21.4. The number of nitrogens with one attached hydrogen (secondary N) is 2. The number of hydrogen-bond donors (Lipinski definition) is 2. The average molecular weight is 538 g/mol. The van der Waals surface area contributed by atoms with Crippen molar-refractivity contribution in [1.82, 2.24) is 15.3 Å². The van der Waals surface area contributed by atoms with Gasteiger partial charge in [0.15, 0.2) is 0 Å². The highest BCUT2D eigenvalue weighted by Crippen LogP contribution is 2.32. The fourth-order valence-corrected chi connectivity index (χ4v) is 3.98. The number of halogens is 3. The topological polar surface area (TPSA) is 96.5 Å². The molecule has 1 fully saturated rings. The molecule has 2 amide bonds. The first-order valence-corrected chi connectivity index (χ1v) is 12.1. The second-order valence-electron chi connectivity index (χ2n) is 8.81.